The molecule has 0 spiro atoms. The highest BCUT2D eigenvalue weighted by molar-refractivity contribution is 6.30. The van der Waals surface area contributed by atoms with Crippen LogP contribution in [0.15, 0.2) is 72.8 Å². The fourth-order valence-electron chi connectivity index (χ4n) is 4.46. The van der Waals surface area contributed by atoms with Crippen LogP contribution in [0.5, 0.6) is 11.5 Å². The Bertz CT molecular complexity index is 1150. The Balaban J connectivity index is 1.37. The first kappa shape index (κ1) is 31.1. The number of rotatable bonds is 15. The smallest absolute Gasteiger partial charge is 0.311 e. The maximum Gasteiger partial charge on any atom is 0.311 e. The standard InChI is InChI=1S/C29H34ClNO9/c30-21-6-5-7-24(16-21)38-19-22(32)12-15-26-25(27(33)17-28(26)34)8-3-1-2-4-9-29(35)40-23-13-10-20(11-14-23)18-39-31(36)37/h1,3,5-7,10-16,22,25-28,32-34H,2,4,8-9,17-19H2/t22-,25-,26-,27+,28-/m1/s1. The van der Waals surface area contributed by atoms with Crippen molar-refractivity contribution in [1.29, 1.82) is 0 Å². The third kappa shape index (κ3) is 10.6. The third-order valence-electron chi connectivity index (χ3n) is 6.51. The number of unbranched alkanes of at least 4 members (excludes halogenated alkanes) is 1. The molecule has 0 radical (unpaired) electrons. The number of nitrogens with zero attached hydrogens (tertiary/aromatic N) is 1. The van der Waals surface area contributed by atoms with Crippen LogP contribution in [0, 0.1) is 22.0 Å². The van der Waals surface area contributed by atoms with Crippen molar-refractivity contribution in [2.75, 3.05) is 6.61 Å². The predicted molar refractivity (Wildman–Crippen MR) is 147 cm³/mol. The minimum Gasteiger partial charge on any atom is -0.491 e. The van der Waals surface area contributed by atoms with Gasteiger partial charge in [-0.15, -0.1) is 10.1 Å². The number of carbonyl (C=O) groups excluding carboxylic acids is 1. The van der Waals surface area contributed by atoms with Crippen molar-refractivity contribution in [3.8, 4) is 11.5 Å². The first-order valence-electron chi connectivity index (χ1n) is 13.0. The molecule has 0 saturated heterocycles. The molecule has 2 aromatic carbocycles. The lowest BCUT2D eigenvalue weighted by atomic mass is 9.89. The normalized spacial score (nSPS) is 21.5. The number of benzene rings is 2. The van der Waals surface area contributed by atoms with Crippen LogP contribution in [-0.4, -0.2) is 51.3 Å². The van der Waals surface area contributed by atoms with Gasteiger partial charge in [0.2, 0.25) is 0 Å². The Morgan fingerprint density at radius 1 is 1.12 bits per heavy atom. The Morgan fingerprint density at radius 3 is 2.62 bits per heavy atom. The topological polar surface area (TPSA) is 149 Å². The molecule has 5 atom stereocenters. The lowest BCUT2D eigenvalue weighted by molar-refractivity contribution is -0.763. The van der Waals surface area contributed by atoms with Gasteiger partial charge in [0.1, 0.15) is 30.8 Å². The average Bonchev–Trinajstić information content (AvgIpc) is 3.19. The second-order valence-corrected chi connectivity index (χ2v) is 9.98. The van der Waals surface area contributed by atoms with Crippen LogP contribution < -0.4 is 9.47 Å². The molecule has 0 bridgehead atoms. The van der Waals surface area contributed by atoms with Gasteiger partial charge in [0.05, 0.1) is 12.2 Å². The van der Waals surface area contributed by atoms with E-state index in [4.69, 9.17) is 21.1 Å². The third-order valence-corrected chi connectivity index (χ3v) is 6.74. The summed E-state index contributed by atoms with van der Waals surface area (Å²) in [6, 6.07) is 13.1. The van der Waals surface area contributed by atoms with E-state index in [1.807, 2.05) is 12.2 Å². The van der Waals surface area contributed by atoms with E-state index in [-0.39, 0.29) is 43.9 Å². The van der Waals surface area contributed by atoms with Crippen LogP contribution in [0.1, 0.15) is 37.7 Å². The summed E-state index contributed by atoms with van der Waals surface area (Å²) in [6.07, 6.45) is 7.14. The SMILES string of the molecule is O=C(CCCC=CC[C@@H]1[C@@H](C=C[C@@H](O)COc2cccc(Cl)c2)[C@H](O)C[C@@H]1O)Oc1ccc(CO[N+](=O)[O-])cc1. The van der Waals surface area contributed by atoms with E-state index in [0.29, 0.717) is 41.3 Å². The molecule has 0 unspecified atom stereocenters. The molecule has 216 valence electrons. The number of hydrogen-bond donors (Lipinski definition) is 3. The minimum atomic E-state index is -0.889. The quantitative estimate of drug-likeness (QED) is 0.0700. The Morgan fingerprint density at radius 2 is 1.90 bits per heavy atom. The summed E-state index contributed by atoms with van der Waals surface area (Å²) in [5.41, 5.74) is 0.582. The number of carbonyl (C=O) groups is 1. The van der Waals surface area contributed by atoms with E-state index >= 15 is 0 Å². The first-order valence-corrected chi connectivity index (χ1v) is 13.4. The first-order chi connectivity index (χ1) is 19.2. The van der Waals surface area contributed by atoms with E-state index in [0.717, 1.165) is 0 Å². The lowest BCUT2D eigenvalue weighted by Gasteiger charge is -2.19. The summed E-state index contributed by atoms with van der Waals surface area (Å²) >= 11 is 5.93. The number of halogens is 1. The second kappa shape index (κ2) is 16.0. The number of aliphatic hydroxyl groups excluding tert-OH is 3. The lowest BCUT2D eigenvalue weighted by Crippen LogP contribution is -2.21. The molecular weight excluding hydrogens is 542 g/mol. The van der Waals surface area contributed by atoms with Gasteiger partial charge in [0.15, 0.2) is 0 Å². The zero-order chi connectivity index (χ0) is 28.9. The van der Waals surface area contributed by atoms with Crippen molar-refractivity contribution in [2.45, 2.75) is 57.0 Å². The van der Waals surface area contributed by atoms with Gasteiger partial charge in [0.25, 0.3) is 5.09 Å². The molecule has 1 saturated carbocycles. The van der Waals surface area contributed by atoms with Crippen molar-refractivity contribution in [1.82, 2.24) is 0 Å². The van der Waals surface area contributed by atoms with Crippen molar-refractivity contribution in [3.63, 3.8) is 0 Å². The van der Waals surface area contributed by atoms with Gasteiger partial charge < -0.3 is 29.6 Å². The zero-order valence-corrected chi connectivity index (χ0v) is 22.6. The van der Waals surface area contributed by atoms with Crippen LogP contribution >= 0.6 is 11.6 Å². The van der Waals surface area contributed by atoms with Gasteiger partial charge in [-0.25, -0.2) is 0 Å². The largest absolute Gasteiger partial charge is 0.491 e. The maximum absolute atomic E-state index is 12.1. The van der Waals surface area contributed by atoms with E-state index < -0.39 is 23.4 Å². The molecule has 1 fully saturated rings. The van der Waals surface area contributed by atoms with E-state index in [2.05, 4.69) is 4.84 Å². The predicted octanol–water partition coefficient (Wildman–Crippen LogP) is 4.42. The summed E-state index contributed by atoms with van der Waals surface area (Å²) in [4.78, 5) is 26.6. The zero-order valence-electron chi connectivity index (χ0n) is 21.9. The average molecular weight is 576 g/mol. The van der Waals surface area contributed by atoms with E-state index in [1.165, 1.54) is 0 Å². The summed E-state index contributed by atoms with van der Waals surface area (Å²) in [6.45, 7) is -0.150. The molecule has 3 rings (SSSR count). The highest BCUT2D eigenvalue weighted by Gasteiger charge is 2.39. The molecule has 3 N–H and O–H groups in total. The van der Waals surface area contributed by atoms with Gasteiger partial charge >= 0.3 is 5.97 Å². The van der Waals surface area contributed by atoms with Crippen molar-refractivity contribution >= 4 is 17.6 Å². The van der Waals surface area contributed by atoms with Crippen molar-refractivity contribution in [3.05, 3.63) is 93.5 Å². The van der Waals surface area contributed by atoms with Gasteiger partial charge in [-0.1, -0.05) is 54.1 Å². The number of allylic oxidation sites excluding steroid dienone is 2. The summed E-state index contributed by atoms with van der Waals surface area (Å²) < 4.78 is 10.8. The van der Waals surface area contributed by atoms with Crippen LogP contribution in [0.2, 0.25) is 5.02 Å². The molecule has 0 amide bonds. The molecule has 0 heterocycles. The molecule has 1 aliphatic rings. The Hall–Kier alpha value is -3.44. The molecule has 40 heavy (non-hydrogen) atoms. The molecule has 1 aliphatic carbocycles. The number of hydrogen-bond acceptors (Lipinski definition) is 9. The van der Waals surface area contributed by atoms with Gasteiger partial charge in [-0.2, -0.15) is 0 Å². The summed E-state index contributed by atoms with van der Waals surface area (Å²) in [5, 5.41) is 41.0. The number of aliphatic hydroxyl groups is 3. The fraction of sp³-hybridized carbons (Fsp3) is 0.414. The minimum absolute atomic E-state index is 0.0272. The summed E-state index contributed by atoms with van der Waals surface area (Å²) in [5.74, 6) is -0.0103. The van der Waals surface area contributed by atoms with E-state index in [1.54, 1.807) is 60.7 Å². The monoisotopic (exact) mass is 575 g/mol. The molecule has 0 aliphatic heterocycles. The van der Waals surface area contributed by atoms with Crippen LogP contribution in [-0.2, 0) is 16.2 Å². The van der Waals surface area contributed by atoms with Gasteiger partial charge in [-0.3, -0.25) is 4.79 Å². The van der Waals surface area contributed by atoms with Gasteiger partial charge in [-0.05, 0) is 61.1 Å². The van der Waals surface area contributed by atoms with Crippen LogP contribution in [0.4, 0.5) is 0 Å². The highest BCUT2D eigenvalue weighted by atomic mass is 35.5. The van der Waals surface area contributed by atoms with Crippen LogP contribution in [0.3, 0.4) is 0 Å². The molecule has 11 heteroatoms. The van der Waals surface area contributed by atoms with Crippen molar-refractivity contribution < 1.29 is 39.5 Å². The Kier molecular flexibility index (Phi) is 12.4. The maximum atomic E-state index is 12.1. The van der Waals surface area contributed by atoms with Crippen LogP contribution in [0.25, 0.3) is 0 Å². The fourth-order valence-corrected chi connectivity index (χ4v) is 4.64. The second-order valence-electron chi connectivity index (χ2n) is 9.55. The highest BCUT2D eigenvalue weighted by Crippen LogP contribution is 2.36. The Labute approximate surface area is 237 Å². The molecule has 0 aromatic heterocycles. The summed E-state index contributed by atoms with van der Waals surface area (Å²) in [7, 11) is 0. The number of ether oxygens (including phenoxy) is 2. The van der Waals surface area contributed by atoms with Gasteiger partial charge in [0, 0.05) is 23.8 Å². The van der Waals surface area contributed by atoms with E-state index in [9.17, 15) is 30.2 Å². The van der Waals surface area contributed by atoms with Crippen molar-refractivity contribution in [2.24, 2.45) is 11.8 Å². The molecular formula is C29H34ClNO9. The molecule has 2 aromatic rings. The number of esters is 1. The molecule has 10 nitrogen and oxygen atoms in total.